The number of sulfone groups is 1. The predicted molar refractivity (Wildman–Crippen MR) is 132 cm³/mol. The monoisotopic (exact) mass is 484 g/mol. The molecular weight excluding hydrogens is 456 g/mol. The molecule has 33 heavy (non-hydrogen) atoms. The molecule has 7 nitrogen and oxygen atoms in total. The van der Waals surface area contributed by atoms with Crippen molar-refractivity contribution in [1.29, 1.82) is 0 Å². The summed E-state index contributed by atoms with van der Waals surface area (Å²) >= 11 is 1.42. The summed E-state index contributed by atoms with van der Waals surface area (Å²) in [7, 11) is -2.91. The Morgan fingerprint density at radius 2 is 1.91 bits per heavy atom. The van der Waals surface area contributed by atoms with Crippen LogP contribution in [0.2, 0.25) is 0 Å². The second-order valence-electron chi connectivity index (χ2n) is 9.09. The molecule has 0 radical (unpaired) electrons. The van der Waals surface area contributed by atoms with Gasteiger partial charge in [0.05, 0.1) is 21.8 Å². The van der Waals surface area contributed by atoms with Crippen LogP contribution in [0.25, 0.3) is 10.2 Å². The summed E-state index contributed by atoms with van der Waals surface area (Å²) < 4.78 is 23.5. The number of hydrogen-bond donors (Lipinski definition) is 1. The molecule has 1 aromatic carbocycles. The van der Waals surface area contributed by atoms with E-state index < -0.39 is 9.84 Å². The van der Waals surface area contributed by atoms with E-state index in [4.69, 9.17) is 0 Å². The minimum atomic E-state index is -2.91. The quantitative estimate of drug-likeness (QED) is 0.591. The average molecular weight is 485 g/mol. The van der Waals surface area contributed by atoms with Gasteiger partial charge in [-0.25, -0.2) is 18.4 Å². The number of amides is 1. The lowest BCUT2D eigenvalue weighted by Gasteiger charge is -2.32. The smallest absolute Gasteiger partial charge is 0.264 e. The molecule has 0 aliphatic carbocycles. The van der Waals surface area contributed by atoms with Crippen molar-refractivity contribution in [3.63, 3.8) is 0 Å². The van der Waals surface area contributed by atoms with E-state index in [1.165, 1.54) is 23.2 Å². The second-order valence-corrected chi connectivity index (χ2v) is 12.3. The standard InChI is InChI=1S/C24H28N4O3S2/c1-16-20-22(25-13-17-9-12-33(30,31)14-17)26-15-27-23(20)32-21(16)24(29)28-10-7-19(8-11-28)18-5-3-2-4-6-18/h2-6,15,17,19H,7-14H2,1H3,(H,25,26,27). The molecule has 0 saturated carbocycles. The van der Waals surface area contributed by atoms with Gasteiger partial charge in [-0.15, -0.1) is 11.3 Å². The Morgan fingerprint density at radius 3 is 2.61 bits per heavy atom. The Kier molecular flexibility index (Phi) is 6.09. The van der Waals surface area contributed by atoms with Crippen LogP contribution < -0.4 is 5.32 Å². The van der Waals surface area contributed by atoms with Gasteiger partial charge in [0.1, 0.15) is 17.0 Å². The molecule has 1 atom stereocenters. The molecule has 4 heterocycles. The lowest BCUT2D eigenvalue weighted by atomic mass is 9.89. The van der Waals surface area contributed by atoms with Gasteiger partial charge < -0.3 is 10.2 Å². The number of carbonyl (C=O) groups excluding carboxylic acids is 1. The maximum atomic E-state index is 13.4. The third-order valence-corrected chi connectivity index (χ3v) is 9.88. The summed E-state index contributed by atoms with van der Waals surface area (Å²) in [5.41, 5.74) is 2.25. The number of hydrogen-bond acceptors (Lipinski definition) is 7. The second kappa shape index (κ2) is 9.02. The Bertz CT molecular complexity index is 1270. The number of aryl methyl sites for hydroxylation is 1. The first-order valence-corrected chi connectivity index (χ1v) is 14.1. The first-order valence-electron chi connectivity index (χ1n) is 11.4. The van der Waals surface area contributed by atoms with Crippen LogP contribution in [0.15, 0.2) is 36.7 Å². The number of thiophene rings is 1. The van der Waals surface area contributed by atoms with Crippen molar-refractivity contribution in [3.8, 4) is 0 Å². The fourth-order valence-electron chi connectivity index (χ4n) is 4.97. The number of nitrogens with one attached hydrogen (secondary N) is 1. The van der Waals surface area contributed by atoms with Gasteiger partial charge in [0.25, 0.3) is 5.91 Å². The topological polar surface area (TPSA) is 92.3 Å². The molecule has 2 fully saturated rings. The number of aromatic nitrogens is 2. The normalized spacial score (nSPS) is 20.9. The highest BCUT2D eigenvalue weighted by molar-refractivity contribution is 7.91. The number of rotatable bonds is 5. The highest BCUT2D eigenvalue weighted by atomic mass is 32.2. The van der Waals surface area contributed by atoms with Gasteiger partial charge in [0.15, 0.2) is 9.84 Å². The number of fused-ring (bicyclic) bond motifs is 1. The van der Waals surface area contributed by atoms with Gasteiger partial charge in [-0.2, -0.15) is 0 Å². The molecule has 2 aliphatic heterocycles. The number of piperidine rings is 1. The van der Waals surface area contributed by atoms with Crippen LogP contribution in [0.4, 0.5) is 5.82 Å². The van der Waals surface area contributed by atoms with Crippen LogP contribution in [0.1, 0.15) is 46.0 Å². The molecule has 9 heteroatoms. The summed E-state index contributed by atoms with van der Waals surface area (Å²) in [4.78, 5) is 25.7. The van der Waals surface area contributed by atoms with Gasteiger partial charge >= 0.3 is 0 Å². The first kappa shape index (κ1) is 22.3. The largest absolute Gasteiger partial charge is 0.369 e. The minimum absolute atomic E-state index is 0.0647. The Hall–Kier alpha value is -2.52. The van der Waals surface area contributed by atoms with Gasteiger partial charge in [-0.05, 0) is 49.1 Å². The lowest BCUT2D eigenvalue weighted by Crippen LogP contribution is -2.37. The van der Waals surface area contributed by atoms with Crippen molar-refractivity contribution in [3.05, 3.63) is 52.7 Å². The van der Waals surface area contributed by atoms with Crippen molar-refractivity contribution in [1.82, 2.24) is 14.9 Å². The van der Waals surface area contributed by atoms with E-state index in [9.17, 15) is 13.2 Å². The van der Waals surface area contributed by atoms with Gasteiger partial charge in [0, 0.05) is 19.6 Å². The third-order valence-electron chi connectivity index (χ3n) is 6.86. The van der Waals surface area contributed by atoms with E-state index >= 15 is 0 Å². The molecule has 174 valence electrons. The van der Waals surface area contributed by atoms with E-state index in [0.29, 0.717) is 24.7 Å². The maximum Gasteiger partial charge on any atom is 0.264 e. The van der Waals surface area contributed by atoms with E-state index in [-0.39, 0.29) is 23.3 Å². The van der Waals surface area contributed by atoms with Crippen LogP contribution in [0, 0.1) is 12.8 Å². The fraction of sp³-hybridized carbons (Fsp3) is 0.458. The van der Waals surface area contributed by atoms with Crippen LogP contribution in [-0.2, 0) is 9.84 Å². The van der Waals surface area contributed by atoms with Crippen molar-refractivity contribution >= 4 is 43.1 Å². The molecule has 1 N–H and O–H groups in total. The molecule has 5 rings (SSSR count). The third kappa shape index (κ3) is 4.61. The zero-order valence-corrected chi connectivity index (χ0v) is 20.3. The minimum Gasteiger partial charge on any atom is -0.369 e. The van der Waals surface area contributed by atoms with Gasteiger partial charge in [0.2, 0.25) is 0 Å². The highest BCUT2D eigenvalue weighted by Crippen LogP contribution is 2.36. The number of likely N-dealkylation sites (tertiary alicyclic amines) is 1. The number of carbonyl (C=O) groups is 1. The van der Waals surface area contributed by atoms with Crippen LogP contribution in [0.5, 0.6) is 0 Å². The summed E-state index contributed by atoms with van der Waals surface area (Å²) in [6.07, 6.45) is 4.12. The Balaban J connectivity index is 1.30. The van der Waals surface area contributed by atoms with Crippen LogP contribution in [0.3, 0.4) is 0 Å². The first-order chi connectivity index (χ1) is 15.9. The average Bonchev–Trinajstić information content (AvgIpc) is 3.36. The maximum absolute atomic E-state index is 13.4. The lowest BCUT2D eigenvalue weighted by molar-refractivity contribution is 0.0717. The predicted octanol–water partition coefficient (Wildman–Crippen LogP) is 3.87. The summed E-state index contributed by atoms with van der Waals surface area (Å²) in [5, 5.41) is 4.20. The van der Waals surface area contributed by atoms with Gasteiger partial charge in [-0.3, -0.25) is 4.79 Å². The van der Waals surface area contributed by atoms with Crippen molar-refractivity contribution in [2.24, 2.45) is 5.92 Å². The molecular formula is C24H28N4O3S2. The summed E-state index contributed by atoms with van der Waals surface area (Å²) in [6, 6.07) is 10.5. The molecule has 2 aliphatic rings. The number of nitrogens with zero attached hydrogens (tertiary/aromatic N) is 3. The molecule has 2 aromatic heterocycles. The molecule has 0 spiro atoms. The molecule has 1 unspecified atom stereocenters. The van der Waals surface area contributed by atoms with Crippen molar-refractivity contribution in [2.75, 3.05) is 36.5 Å². The SMILES string of the molecule is Cc1c(C(=O)N2CCC(c3ccccc3)CC2)sc2ncnc(NCC3CCS(=O)(=O)C3)c12. The number of anilines is 1. The van der Waals surface area contributed by atoms with Crippen LogP contribution >= 0.6 is 11.3 Å². The molecule has 1 amide bonds. The zero-order valence-electron chi connectivity index (χ0n) is 18.7. The van der Waals surface area contributed by atoms with Crippen molar-refractivity contribution in [2.45, 2.75) is 32.1 Å². The summed E-state index contributed by atoms with van der Waals surface area (Å²) in [6.45, 7) is 4.01. The number of benzene rings is 1. The molecule has 0 bridgehead atoms. The highest BCUT2D eigenvalue weighted by Gasteiger charge is 2.29. The van der Waals surface area contributed by atoms with E-state index in [2.05, 4.69) is 39.6 Å². The molecule has 3 aromatic rings. The Morgan fingerprint density at radius 1 is 1.15 bits per heavy atom. The van der Waals surface area contributed by atoms with Crippen LogP contribution in [-0.4, -0.2) is 60.3 Å². The van der Waals surface area contributed by atoms with E-state index in [1.807, 2.05) is 17.9 Å². The van der Waals surface area contributed by atoms with E-state index in [1.54, 1.807) is 0 Å². The molecule has 2 saturated heterocycles. The van der Waals surface area contributed by atoms with Gasteiger partial charge in [-0.1, -0.05) is 30.3 Å². The zero-order chi connectivity index (χ0) is 23.0. The Labute approximate surface area is 198 Å². The fourth-order valence-corrected chi connectivity index (χ4v) is 7.95. The summed E-state index contributed by atoms with van der Waals surface area (Å²) in [5.74, 6) is 1.82. The van der Waals surface area contributed by atoms with Crippen molar-refractivity contribution < 1.29 is 13.2 Å². The van der Waals surface area contributed by atoms with E-state index in [0.717, 1.165) is 46.6 Å².